The Morgan fingerprint density at radius 2 is 2.10 bits per heavy atom. The molecule has 2 aromatic rings. The minimum Gasteiger partial charge on any atom is -0.320 e. The van der Waals surface area contributed by atoms with Gasteiger partial charge < -0.3 is 5.32 Å². The number of amides is 1. The fourth-order valence-corrected chi connectivity index (χ4v) is 2.46. The summed E-state index contributed by atoms with van der Waals surface area (Å²) in [6.45, 7) is 0. The summed E-state index contributed by atoms with van der Waals surface area (Å²) < 4.78 is 0. The maximum absolute atomic E-state index is 12.0. The normalized spacial score (nSPS) is 10.9. The number of benzene rings is 1. The number of nitrogens with zero attached hydrogens (tertiary/aromatic N) is 1. The van der Waals surface area contributed by atoms with E-state index >= 15 is 0 Å². The van der Waals surface area contributed by atoms with Gasteiger partial charge in [0.25, 0.3) is 5.91 Å². The van der Waals surface area contributed by atoms with Gasteiger partial charge in [-0.15, -0.1) is 11.3 Å². The number of hydrogen-bond acceptors (Lipinski definition) is 3. The van der Waals surface area contributed by atoms with E-state index in [-0.39, 0.29) is 10.6 Å². The number of carbonyl (C=O) groups excluding carboxylic acids is 1. The number of carbonyl (C=O) groups is 1. The largest absolute Gasteiger partial charge is 0.320 e. The first kappa shape index (κ1) is 14.6. The molecule has 100 valence electrons. The third-order valence-corrected chi connectivity index (χ3v) is 4.03. The van der Waals surface area contributed by atoms with Gasteiger partial charge in [-0.2, -0.15) is 5.26 Å². The van der Waals surface area contributed by atoms with Crippen LogP contribution in [0.25, 0.3) is 6.08 Å². The summed E-state index contributed by atoms with van der Waals surface area (Å²) in [5.41, 5.74) is 0.375. The average Bonchev–Trinajstić information content (AvgIpc) is 2.94. The molecule has 0 aliphatic heterocycles. The van der Waals surface area contributed by atoms with Gasteiger partial charge in [-0.3, -0.25) is 4.79 Å². The monoisotopic (exact) mass is 322 g/mol. The molecule has 20 heavy (non-hydrogen) atoms. The molecule has 6 heteroatoms. The number of rotatable bonds is 3. The summed E-state index contributed by atoms with van der Waals surface area (Å²) >= 11 is 13.3. The molecule has 0 saturated carbocycles. The van der Waals surface area contributed by atoms with Gasteiger partial charge >= 0.3 is 0 Å². The maximum Gasteiger partial charge on any atom is 0.266 e. The second-order valence-electron chi connectivity index (χ2n) is 3.74. The zero-order chi connectivity index (χ0) is 14.5. The van der Waals surface area contributed by atoms with Gasteiger partial charge in [0, 0.05) is 4.88 Å². The zero-order valence-corrected chi connectivity index (χ0v) is 12.4. The Balaban J connectivity index is 2.23. The van der Waals surface area contributed by atoms with Crippen LogP contribution in [0.15, 0.2) is 41.3 Å². The van der Waals surface area contributed by atoms with E-state index in [9.17, 15) is 4.79 Å². The first-order valence-corrected chi connectivity index (χ1v) is 7.16. The summed E-state index contributed by atoms with van der Waals surface area (Å²) in [5.74, 6) is -0.523. The molecular formula is C14H8Cl2N2OS. The number of halogens is 2. The number of thiophene rings is 1. The van der Waals surface area contributed by atoms with Crippen molar-refractivity contribution in [2.75, 3.05) is 5.32 Å². The highest BCUT2D eigenvalue weighted by Crippen LogP contribution is 2.29. The first-order chi connectivity index (χ1) is 9.61. The van der Waals surface area contributed by atoms with E-state index in [4.69, 9.17) is 28.5 Å². The minimum atomic E-state index is -0.523. The van der Waals surface area contributed by atoms with Crippen LogP contribution in [-0.4, -0.2) is 5.91 Å². The lowest BCUT2D eigenvalue weighted by atomic mass is 10.2. The van der Waals surface area contributed by atoms with Crippen molar-refractivity contribution in [1.29, 1.82) is 5.26 Å². The SMILES string of the molecule is N#C/C(=C\c1cccs1)C(=O)Nc1cccc(Cl)c1Cl. The van der Waals surface area contributed by atoms with E-state index in [1.807, 2.05) is 23.6 Å². The predicted octanol–water partition coefficient (Wildman–Crippen LogP) is 4.60. The first-order valence-electron chi connectivity index (χ1n) is 5.52. The molecule has 3 nitrogen and oxygen atoms in total. The molecule has 1 amide bonds. The molecule has 1 aromatic heterocycles. The van der Waals surface area contributed by atoms with Crippen LogP contribution in [0, 0.1) is 11.3 Å². The third-order valence-electron chi connectivity index (χ3n) is 2.39. The third kappa shape index (κ3) is 3.40. The summed E-state index contributed by atoms with van der Waals surface area (Å²) in [6.07, 6.45) is 1.53. The van der Waals surface area contributed by atoms with Crippen LogP contribution in [0.5, 0.6) is 0 Å². The highest BCUT2D eigenvalue weighted by Gasteiger charge is 2.12. The van der Waals surface area contributed by atoms with Crippen molar-refractivity contribution in [3.8, 4) is 6.07 Å². The van der Waals surface area contributed by atoms with Gasteiger partial charge in [0.05, 0.1) is 15.7 Å². The van der Waals surface area contributed by atoms with Crippen LogP contribution in [-0.2, 0) is 4.79 Å². The van der Waals surface area contributed by atoms with Crippen molar-refractivity contribution in [1.82, 2.24) is 0 Å². The molecule has 0 aliphatic carbocycles. The molecule has 2 rings (SSSR count). The standard InChI is InChI=1S/C14H8Cl2N2OS/c15-11-4-1-5-12(13(11)16)18-14(19)9(8-17)7-10-3-2-6-20-10/h1-7H,(H,18,19)/b9-7+. The number of nitrogens with one attached hydrogen (secondary N) is 1. The summed E-state index contributed by atoms with van der Waals surface area (Å²) in [5, 5.41) is 14.1. The van der Waals surface area contributed by atoms with Crippen LogP contribution in [0.2, 0.25) is 10.0 Å². The van der Waals surface area contributed by atoms with E-state index in [1.54, 1.807) is 18.2 Å². The van der Waals surface area contributed by atoms with Gasteiger partial charge in [0.2, 0.25) is 0 Å². The smallest absolute Gasteiger partial charge is 0.266 e. The Hall–Kier alpha value is -1.80. The molecule has 1 heterocycles. The second-order valence-corrected chi connectivity index (χ2v) is 5.51. The zero-order valence-electron chi connectivity index (χ0n) is 10.1. The Kier molecular flexibility index (Phi) is 4.80. The Morgan fingerprint density at radius 3 is 2.75 bits per heavy atom. The van der Waals surface area contributed by atoms with Crippen molar-refractivity contribution in [3.05, 3.63) is 56.2 Å². The van der Waals surface area contributed by atoms with Crippen LogP contribution in [0.1, 0.15) is 4.88 Å². The molecule has 0 radical (unpaired) electrons. The molecule has 0 saturated heterocycles. The van der Waals surface area contributed by atoms with Gasteiger partial charge in [-0.1, -0.05) is 35.3 Å². The molecule has 0 unspecified atom stereocenters. The van der Waals surface area contributed by atoms with Crippen molar-refractivity contribution >= 4 is 52.2 Å². The van der Waals surface area contributed by atoms with Gasteiger partial charge in [-0.05, 0) is 29.7 Å². The molecule has 0 aliphatic rings. The van der Waals surface area contributed by atoms with Gasteiger partial charge in [0.15, 0.2) is 0 Å². The highest BCUT2D eigenvalue weighted by molar-refractivity contribution is 7.10. The molecule has 0 spiro atoms. The van der Waals surface area contributed by atoms with Crippen LogP contribution in [0.4, 0.5) is 5.69 Å². The Labute approximate surface area is 130 Å². The Morgan fingerprint density at radius 1 is 1.30 bits per heavy atom. The quantitative estimate of drug-likeness (QED) is 0.663. The fraction of sp³-hybridized carbons (Fsp3) is 0. The van der Waals surface area contributed by atoms with E-state index in [0.29, 0.717) is 10.7 Å². The summed E-state index contributed by atoms with van der Waals surface area (Å²) in [7, 11) is 0. The molecule has 0 bridgehead atoms. The molecule has 0 atom stereocenters. The lowest BCUT2D eigenvalue weighted by molar-refractivity contribution is -0.112. The molecular weight excluding hydrogens is 315 g/mol. The average molecular weight is 323 g/mol. The number of nitriles is 1. The summed E-state index contributed by atoms with van der Waals surface area (Å²) in [4.78, 5) is 12.9. The van der Waals surface area contributed by atoms with Crippen molar-refractivity contribution in [3.63, 3.8) is 0 Å². The fourth-order valence-electron chi connectivity index (χ4n) is 1.45. The van der Waals surface area contributed by atoms with E-state index in [2.05, 4.69) is 5.32 Å². The molecule has 0 fully saturated rings. The number of anilines is 1. The lowest BCUT2D eigenvalue weighted by Gasteiger charge is -2.07. The lowest BCUT2D eigenvalue weighted by Crippen LogP contribution is -2.13. The van der Waals surface area contributed by atoms with Crippen molar-refractivity contribution in [2.45, 2.75) is 0 Å². The summed E-state index contributed by atoms with van der Waals surface area (Å²) in [6, 6.07) is 10.4. The highest BCUT2D eigenvalue weighted by atomic mass is 35.5. The molecule has 1 N–H and O–H groups in total. The Bertz CT molecular complexity index is 702. The van der Waals surface area contributed by atoms with Crippen LogP contribution < -0.4 is 5.32 Å². The van der Waals surface area contributed by atoms with E-state index in [0.717, 1.165) is 4.88 Å². The maximum atomic E-state index is 12.0. The predicted molar refractivity (Wildman–Crippen MR) is 83.0 cm³/mol. The van der Waals surface area contributed by atoms with Gasteiger partial charge in [0.1, 0.15) is 11.6 Å². The van der Waals surface area contributed by atoms with Crippen molar-refractivity contribution in [2.24, 2.45) is 0 Å². The van der Waals surface area contributed by atoms with Crippen LogP contribution >= 0.6 is 34.5 Å². The topological polar surface area (TPSA) is 52.9 Å². The van der Waals surface area contributed by atoms with Gasteiger partial charge in [-0.25, -0.2) is 0 Å². The van der Waals surface area contributed by atoms with E-state index in [1.165, 1.54) is 17.4 Å². The van der Waals surface area contributed by atoms with Crippen molar-refractivity contribution < 1.29 is 4.79 Å². The van der Waals surface area contributed by atoms with Crippen LogP contribution in [0.3, 0.4) is 0 Å². The van der Waals surface area contributed by atoms with E-state index < -0.39 is 5.91 Å². The molecule has 1 aromatic carbocycles. The second kappa shape index (κ2) is 6.58. The number of hydrogen-bond donors (Lipinski definition) is 1. The minimum absolute atomic E-state index is 0.00323.